The number of ketones is 1. The van der Waals surface area contributed by atoms with E-state index in [1.165, 1.54) is 30.6 Å². The Kier molecular flexibility index (Phi) is 5.51. The van der Waals surface area contributed by atoms with E-state index in [4.69, 9.17) is 0 Å². The molecule has 7 nitrogen and oxygen atoms in total. The van der Waals surface area contributed by atoms with E-state index in [0.29, 0.717) is 29.0 Å². The zero-order valence-electron chi connectivity index (χ0n) is 16.6. The molecule has 0 bridgehead atoms. The second kappa shape index (κ2) is 8.27. The number of benzene rings is 2. The zero-order chi connectivity index (χ0) is 22.0. The van der Waals surface area contributed by atoms with Crippen molar-refractivity contribution in [2.75, 3.05) is 10.5 Å². The van der Waals surface area contributed by atoms with Gasteiger partial charge in [-0.05, 0) is 48.9 Å². The Hall–Kier alpha value is -3.59. The van der Waals surface area contributed by atoms with Crippen LogP contribution in [0.15, 0.2) is 67.1 Å². The van der Waals surface area contributed by atoms with E-state index in [-0.39, 0.29) is 17.2 Å². The van der Waals surface area contributed by atoms with Gasteiger partial charge in [-0.1, -0.05) is 19.1 Å². The molecular formula is C22H19FN4O3S. The number of halogens is 1. The summed E-state index contributed by atoms with van der Waals surface area (Å²) in [4.78, 5) is 21.4. The fraction of sp³-hybridized carbons (Fsp3) is 0.136. The van der Waals surface area contributed by atoms with Crippen molar-refractivity contribution in [3.05, 3.63) is 84.2 Å². The van der Waals surface area contributed by atoms with E-state index in [1.807, 2.05) is 6.07 Å². The van der Waals surface area contributed by atoms with E-state index in [1.54, 1.807) is 41.8 Å². The third-order valence-corrected chi connectivity index (χ3v) is 6.15. The third-order valence-electron chi connectivity index (χ3n) is 4.66. The minimum absolute atomic E-state index is 0.0348. The molecule has 0 fully saturated rings. The van der Waals surface area contributed by atoms with E-state index < -0.39 is 15.8 Å². The number of nitrogens with one attached hydrogen (secondary N) is 1. The number of sulfonamides is 1. The Morgan fingerprint density at radius 1 is 1.10 bits per heavy atom. The first-order valence-electron chi connectivity index (χ1n) is 9.61. The maximum absolute atomic E-state index is 13.2. The van der Waals surface area contributed by atoms with Crippen LogP contribution in [0.2, 0.25) is 0 Å². The summed E-state index contributed by atoms with van der Waals surface area (Å²) in [6, 6.07) is 13.9. The van der Waals surface area contributed by atoms with Crippen molar-refractivity contribution in [3.63, 3.8) is 0 Å². The molecule has 158 valence electrons. The van der Waals surface area contributed by atoms with Crippen molar-refractivity contribution in [1.29, 1.82) is 0 Å². The van der Waals surface area contributed by atoms with Crippen LogP contribution in [-0.2, 0) is 10.0 Å². The maximum Gasteiger partial charge on any atom is 0.232 e. The topological polar surface area (TPSA) is 93.4 Å². The molecule has 0 spiro atoms. The van der Waals surface area contributed by atoms with Crippen molar-refractivity contribution < 1.29 is 17.6 Å². The predicted octanol–water partition coefficient (Wildman–Crippen LogP) is 3.92. The molecule has 0 atom stereocenters. The van der Waals surface area contributed by atoms with Gasteiger partial charge in [0, 0.05) is 23.0 Å². The average Bonchev–Trinajstić information content (AvgIpc) is 3.18. The summed E-state index contributed by atoms with van der Waals surface area (Å²) in [5.74, 6) is -0.762. The van der Waals surface area contributed by atoms with Crippen LogP contribution >= 0.6 is 0 Å². The lowest BCUT2D eigenvalue weighted by atomic mass is 10.1. The molecule has 0 amide bonds. The van der Waals surface area contributed by atoms with Gasteiger partial charge in [0.1, 0.15) is 12.1 Å². The van der Waals surface area contributed by atoms with Crippen molar-refractivity contribution in [3.8, 4) is 11.3 Å². The molecule has 0 aliphatic carbocycles. The van der Waals surface area contributed by atoms with Gasteiger partial charge in [-0.25, -0.2) is 22.8 Å². The van der Waals surface area contributed by atoms with E-state index in [2.05, 4.69) is 14.7 Å². The van der Waals surface area contributed by atoms with Crippen LogP contribution in [0.25, 0.3) is 16.9 Å². The number of anilines is 1. The van der Waals surface area contributed by atoms with Crippen LogP contribution in [0.1, 0.15) is 29.4 Å². The largest absolute Gasteiger partial charge is 0.287 e. The number of hydrogen-bond acceptors (Lipinski definition) is 5. The Bertz CT molecular complexity index is 1370. The van der Waals surface area contributed by atoms with Crippen molar-refractivity contribution >= 4 is 27.1 Å². The van der Waals surface area contributed by atoms with Gasteiger partial charge < -0.3 is 0 Å². The standard InChI is InChI=1S/C22H19FN4O3S/c1-2-12-31(29,30)26-18-5-3-4-16(13-18)19-10-11-24-22-20(25-14-27(19)22)21(28)15-6-8-17(23)9-7-15/h3-11,13-14,26H,2,12H2,1H3. The quantitative estimate of drug-likeness (QED) is 0.442. The fourth-order valence-electron chi connectivity index (χ4n) is 3.28. The summed E-state index contributed by atoms with van der Waals surface area (Å²) in [6.45, 7) is 1.80. The van der Waals surface area contributed by atoms with Crippen LogP contribution in [-0.4, -0.2) is 34.3 Å². The summed E-state index contributed by atoms with van der Waals surface area (Å²) in [5, 5.41) is 0. The molecule has 2 heterocycles. The number of carbonyl (C=O) groups is 1. The summed E-state index contributed by atoms with van der Waals surface area (Å²) in [7, 11) is -3.42. The minimum Gasteiger partial charge on any atom is -0.287 e. The molecule has 31 heavy (non-hydrogen) atoms. The highest BCUT2D eigenvalue weighted by Gasteiger charge is 2.18. The second-order valence-electron chi connectivity index (χ2n) is 6.95. The monoisotopic (exact) mass is 438 g/mol. The molecule has 0 saturated heterocycles. The molecule has 0 aliphatic heterocycles. The molecule has 0 radical (unpaired) electrons. The van der Waals surface area contributed by atoms with Gasteiger partial charge in [-0.3, -0.25) is 13.9 Å². The van der Waals surface area contributed by atoms with Crippen LogP contribution < -0.4 is 4.72 Å². The molecule has 1 N–H and O–H groups in total. The number of fused-ring (bicyclic) bond motifs is 1. The van der Waals surface area contributed by atoms with Gasteiger partial charge >= 0.3 is 0 Å². The van der Waals surface area contributed by atoms with Gasteiger partial charge in [-0.15, -0.1) is 0 Å². The lowest BCUT2D eigenvalue weighted by molar-refractivity contribution is 0.103. The molecule has 0 saturated carbocycles. The first-order chi connectivity index (χ1) is 14.9. The number of nitrogens with zero attached hydrogens (tertiary/aromatic N) is 3. The van der Waals surface area contributed by atoms with Gasteiger partial charge in [0.05, 0.1) is 11.4 Å². The molecule has 9 heteroatoms. The number of aromatic nitrogens is 3. The Morgan fingerprint density at radius 3 is 2.61 bits per heavy atom. The zero-order valence-corrected chi connectivity index (χ0v) is 17.4. The number of rotatable bonds is 7. The predicted molar refractivity (Wildman–Crippen MR) is 116 cm³/mol. The molecular weight excluding hydrogens is 419 g/mol. The summed E-state index contributed by atoms with van der Waals surface area (Å²) >= 11 is 0. The van der Waals surface area contributed by atoms with E-state index >= 15 is 0 Å². The lowest BCUT2D eigenvalue weighted by Crippen LogP contribution is -2.16. The Morgan fingerprint density at radius 2 is 1.87 bits per heavy atom. The summed E-state index contributed by atoms with van der Waals surface area (Å²) in [6.07, 6.45) is 3.56. The van der Waals surface area contributed by atoms with Crippen molar-refractivity contribution in [2.24, 2.45) is 0 Å². The SMILES string of the molecule is CCCS(=O)(=O)Nc1cccc(-c2ccnc3c(C(=O)c4ccc(F)cc4)ncn23)c1. The Labute approximate surface area is 178 Å². The first-order valence-corrected chi connectivity index (χ1v) is 11.3. The first kappa shape index (κ1) is 20.7. The average molecular weight is 438 g/mol. The van der Waals surface area contributed by atoms with Crippen LogP contribution in [0, 0.1) is 5.82 Å². The van der Waals surface area contributed by atoms with Gasteiger partial charge in [0.2, 0.25) is 15.8 Å². The molecule has 2 aromatic carbocycles. The number of imidazole rings is 1. The summed E-state index contributed by atoms with van der Waals surface area (Å²) < 4.78 is 41.6. The Balaban J connectivity index is 1.73. The smallest absolute Gasteiger partial charge is 0.232 e. The van der Waals surface area contributed by atoms with Crippen LogP contribution in [0.5, 0.6) is 0 Å². The van der Waals surface area contributed by atoms with Crippen molar-refractivity contribution in [2.45, 2.75) is 13.3 Å². The molecule has 2 aromatic heterocycles. The fourth-order valence-corrected chi connectivity index (χ4v) is 4.40. The van der Waals surface area contributed by atoms with E-state index in [9.17, 15) is 17.6 Å². The normalized spacial score (nSPS) is 11.5. The minimum atomic E-state index is -3.42. The maximum atomic E-state index is 13.2. The molecule has 4 aromatic rings. The van der Waals surface area contributed by atoms with Gasteiger partial charge in [-0.2, -0.15) is 0 Å². The molecule has 0 unspecified atom stereocenters. The molecule has 0 aliphatic rings. The highest BCUT2D eigenvalue weighted by molar-refractivity contribution is 7.92. The highest BCUT2D eigenvalue weighted by atomic mass is 32.2. The second-order valence-corrected chi connectivity index (χ2v) is 8.80. The van der Waals surface area contributed by atoms with Gasteiger partial charge in [0.25, 0.3) is 0 Å². The highest BCUT2D eigenvalue weighted by Crippen LogP contribution is 2.25. The molecule has 4 rings (SSSR count). The third kappa shape index (κ3) is 4.31. The van der Waals surface area contributed by atoms with Crippen LogP contribution in [0.4, 0.5) is 10.1 Å². The number of hydrogen-bond donors (Lipinski definition) is 1. The van der Waals surface area contributed by atoms with Crippen molar-refractivity contribution in [1.82, 2.24) is 14.4 Å². The summed E-state index contributed by atoms with van der Waals surface area (Å²) in [5.41, 5.74) is 2.66. The lowest BCUT2D eigenvalue weighted by Gasteiger charge is -2.10. The van der Waals surface area contributed by atoms with Gasteiger partial charge in [0.15, 0.2) is 11.3 Å². The number of carbonyl (C=O) groups excluding carboxylic acids is 1. The van der Waals surface area contributed by atoms with Crippen LogP contribution in [0.3, 0.4) is 0 Å². The van der Waals surface area contributed by atoms with E-state index in [0.717, 1.165) is 5.56 Å².